The molecule has 1 unspecified atom stereocenters. The lowest BCUT2D eigenvalue weighted by molar-refractivity contribution is -0.123. The van der Waals surface area contributed by atoms with Crippen LogP contribution < -0.4 is 10.6 Å². The van der Waals surface area contributed by atoms with Crippen molar-refractivity contribution in [2.45, 2.75) is 38.5 Å². The topological polar surface area (TPSA) is 100 Å². The van der Waals surface area contributed by atoms with Gasteiger partial charge in [0.1, 0.15) is 0 Å². The third kappa shape index (κ3) is 3.54. The molecule has 2 aromatic rings. The molecule has 23 heavy (non-hydrogen) atoms. The Morgan fingerprint density at radius 1 is 1.43 bits per heavy atom. The molecule has 8 heteroatoms. The molecule has 122 valence electrons. The van der Waals surface area contributed by atoms with Gasteiger partial charge in [-0.15, -0.1) is 11.3 Å². The van der Waals surface area contributed by atoms with E-state index in [4.69, 9.17) is 0 Å². The van der Waals surface area contributed by atoms with Crippen molar-refractivity contribution < 1.29 is 9.90 Å². The predicted octanol–water partition coefficient (Wildman–Crippen LogP) is 0.809. The summed E-state index contributed by atoms with van der Waals surface area (Å²) in [5.41, 5.74) is 3.52. The van der Waals surface area contributed by atoms with Gasteiger partial charge in [-0.1, -0.05) is 0 Å². The first-order chi connectivity index (χ1) is 11.0. The average Bonchev–Trinajstić information content (AvgIpc) is 3.16. The van der Waals surface area contributed by atoms with Gasteiger partial charge in [0, 0.05) is 24.5 Å². The molecular formula is C15H19N5O2S. The molecule has 0 aromatic carbocycles. The summed E-state index contributed by atoms with van der Waals surface area (Å²) in [4.78, 5) is 26.0. The molecule has 1 amide bonds. The van der Waals surface area contributed by atoms with Crippen LogP contribution >= 0.6 is 11.3 Å². The smallest absolute Gasteiger partial charge is 0.237 e. The van der Waals surface area contributed by atoms with Gasteiger partial charge in [-0.2, -0.15) is 0 Å². The summed E-state index contributed by atoms with van der Waals surface area (Å²) in [6.07, 6.45) is 3.44. The molecule has 0 spiro atoms. The van der Waals surface area contributed by atoms with Crippen LogP contribution in [0, 0.1) is 6.92 Å². The first-order valence-corrected chi connectivity index (χ1v) is 8.36. The molecular weight excluding hydrogens is 314 g/mol. The summed E-state index contributed by atoms with van der Waals surface area (Å²) in [5.74, 6) is 0.532. The maximum atomic E-state index is 12.1. The molecule has 1 fully saturated rings. The van der Waals surface area contributed by atoms with Crippen molar-refractivity contribution in [3.63, 3.8) is 0 Å². The second-order valence-corrected chi connectivity index (χ2v) is 6.54. The first kappa shape index (κ1) is 16.0. The molecule has 3 atom stereocenters. The van der Waals surface area contributed by atoms with E-state index in [1.807, 2.05) is 13.8 Å². The normalized spacial score (nSPS) is 22.0. The quantitative estimate of drug-likeness (QED) is 0.765. The van der Waals surface area contributed by atoms with E-state index in [9.17, 15) is 9.90 Å². The van der Waals surface area contributed by atoms with Crippen molar-refractivity contribution in [1.29, 1.82) is 0 Å². The Morgan fingerprint density at radius 3 is 2.74 bits per heavy atom. The van der Waals surface area contributed by atoms with Crippen LogP contribution in [0.2, 0.25) is 0 Å². The molecule has 0 bridgehead atoms. The van der Waals surface area contributed by atoms with Gasteiger partial charge in [0.2, 0.25) is 5.91 Å². The van der Waals surface area contributed by atoms with Gasteiger partial charge in [-0.25, -0.2) is 15.0 Å². The number of aliphatic hydroxyl groups is 1. The lowest BCUT2D eigenvalue weighted by Crippen LogP contribution is -2.41. The highest BCUT2D eigenvalue weighted by Gasteiger charge is 2.28. The van der Waals surface area contributed by atoms with E-state index in [1.54, 1.807) is 17.9 Å². The number of β-amino-alcohol motifs (C(OH)–C–C–N with tert-alkyl or cyclic N) is 1. The van der Waals surface area contributed by atoms with Crippen molar-refractivity contribution in [1.82, 2.24) is 25.6 Å². The summed E-state index contributed by atoms with van der Waals surface area (Å²) >= 11 is 1.51. The second-order valence-electron chi connectivity index (χ2n) is 5.69. The van der Waals surface area contributed by atoms with Crippen molar-refractivity contribution in [2.75, 3.05) is 6.54 Å². The fourth-order valence-electron chi connectivity index (χ4n) is 2.51. The number of hydrogen-bond donors (Lipinski definition) is 3. The summed E-state index contributed by atoms with van der Waals surface area (Å²) in [6.45, 7) is 4.27. The number of nitrogens with one attached hydrogen (secondary N) is 2. The third-order valence-corrected chi connectivity index (χ3v) is 4.83. The highest BCUT2D eigenvalue weighted by atomic mass is 32.1. The van der Waals surface area contributed by atoms with Crippen LogP contribution in [0.15, 0.2) is 17.9 Å². The zero-order valence-electron chi connectivity index (χ0n) is 13.0. The van der Waals surface area contributed by atoms with Crippen LogP contribution in [-0.2, 0) is 4.79 Å². The Bertz CT molecular complexity index is 687. The number of amides is 1. The van der Waals surface area contributed by atoms with Crippen molar-refractivity contribution in [3.05, 3.63) is 29.2 Å². The van der Waals surface area contributed by atoms with E-state index in [-0.39, 0.29) is 18.0 Å². The monoisotopic (exact) mass is 333 g/mol. The molecule has 0 aliphatic carbocycles. The van der Waals surface area contributed by atoms with Crippen molar-refractivity contribution in [3.8, 4) is 10.7 Å². The Kier molecular flexibility index (Phi) is 4.65. The molecule has 0 saturated carbocycles. The van der Waals surface area contributed by atoms with E-state index in [1.165, 1.54) is 11.3 Å². The standard InChI is InChI=1S/C15H19N5O2S/c1-8(20-15(22)12-3-11(21)6-16-12)10-4-17-14(18-5-10)13-9(2)19-7-23-13/h4-5,7-8,11-12,16,21H,3,6H2,1-2H3,(H,20,22)/t8?,11-,12+/m1/s1. The van der Waals surface area contributed by atoms with Crippen molar-refractivity contribution in [2.24, 2.45) is 0 Å². The number of carbonyl (C=O) groups is 1. The minimum absolute atomic E-state index is 0.114. The van der Waals surface area contributed by atoms with Crippen molar-refractivity contribution >= 4 is 17.2 Å². The van der Waals surface area contributed by atoms with Crippen LogP contribution in [0.4, 0.5) is 0 Å². The molecule has 0 radical (unpaired) electrons. The minimum Gasteiger partial charge on any atom is -0.392 e. The summed E-state index contributed by atoms with van der Waals surface area (Å²) in [6, 6.07) is -0.536. The number of carbonyl (C=O) groups excluding carboxylic acids is 1. The number of nitrogens with zero attached hydrogens (tertiary/aromatic N) is 3. The number of rotatable bonds is 4. The molecule has 3 rings (SSSR count). The Hall–Kier alpha value is -1.90. The number of thiazole rings is 1. The van der Waals surface area contributed by atoms with E-state index in [2.05, 4.69) is 25.6 Å². The molecule has 3 N–H and O–H groups in total. The highest BCUT2D eigenvalue weighted by molar-refractivity contribution is 7.13. The molecule has 3 heterocycles. The predicted molar refractivity (Wildman–Crippen MR) is 86.8 cm³/mol. The summed E-state index contributed by atoms with van der Waals surface area (Å²) in [7, 11) is 0. The number of aryl methyl sites for hydroxylation is 1. The van der Waals surface area contributed by atoms with Gasteiger partial charge in [-0.05, 0) is 20.3 Å². The zero-order chi connectivity index (χ0) is 16.4. The maximum Gasteiger partial charge on any atom is 0.237 e. The molecule has 1 aliphatic rings. The Labute approximate surface area is 138 Å². The van der Waals surface area contributed by atoms with Gasteiger partial charge in [0.15, 0.2) is 5.82 Å². The summed E-state index contributed by atoms with van der Waals surface area (Å²) < 4.78 is 0. The Balaban J connectivity index is 1.65. The Morgan fingerprint density at radius 2 is 2.17 bits per heavy atom. The lowest BCUT2D eigenvalue weighted by Gasteiger charge is -2.17. The average molecular weight is 333 g/mol. The molecule has 2 aromatic heterocycles. The van der Waals surface area contributed by atoms with Gasteiger partial charge in [-0.3, -0.25) is 4.79 Å². The van der Waals surface area contributed by atoms with Gasteiger partial charge in [0.05, 0.1) is 34.3 Å². The van der Waals surface area contributed by atoms with Gasteiger partial charge in [0.25, 0.3) is 0 Å². The molecule has 1 aliphatic heterocycles. The van der Waals surface area contributed by atoms with E-state index >= 15 is 0 Å². The van der Waals surface area contributed by atoms with Crippen LogP contribution in [0.1, 0.15) is 30.6 Å². The number of aliphatic hydroxyl groups excluding tert-OH is 1. The molecule has 7 nitrogen and oxygen atoms in total. The van der Waals surface area contributed by atoms with Gasteiger partial charge >= 0.3 is 0 Å². The summed E-state index contributed by atoms with van der Waals surface area (Å²) in [5, 5.41) is 15.4. The highest BCUT2D eigenvalue weighted by Crippen LogP contribution is 2.24. The van der Waals surface area contributed by atoms with Crippen LogP contribution in [0.5, 0.6) is 0 Å². The van der Waals surface area contributed by atoms with Gasteiger partial charge < -0.3 is 15.7 Å². The fourth-order valence-corrected chi connectivity index (χ4v) is 3.26. The SMILES string of the molecule is Cc1ncsc1-c1ncc(C(C)NC(=O)[C@@H]2C[C@@H](O)CN2)cn1. The third-order valence-electron chi connectivity index (χ3n) is 3.90. The van der Waals surface area contributed by atoms with Crippen LogP contribution in [0.3, 0.4) is 0 Å². The van der Waals surface area contributed by atoms with E-state index < -0.39 is 6.10 Å². The van der Waals surface area contributed by atoms with Crippen LogP contribution in [0.25, 0.3) is 10.7 Å². The molecule has 1 saturated heterocycles. The fraction of sp³-hybridized carbons (Fsp3) is 0.467. The minimum atomic E-state index is -0.452. The van der Waals surface area contributed by atoms with Crippen LogP contribution in [-0.4, -0.2) is 44.7 Å². The van der Waals surface area contributed by atoms with E-state index in [0.717, 1.165) is 16.1 Å². The maximum absolute atomic E-state index is 12.1. The van der Waals surface area contributed by atoms with E-state index in [0.29, 0.717) is 18.8 Å². The zero-order valence-corrected chi connectivity index (χ0v) is 13.8. The lowest BCUT2D eigenvalue weighted by atomic mass is 10.1. The number of hydrogen-bond acceptors (Lipinski definition) is 7. The first-order valence-electron chi connectivity index (χ1n) is 7.49. The largest absolute Gasteiger partial charge is 0.392 e. The number of aromatic nitrogens is 3. The second kappa shape index (κ2) is 6.69.